The van der Waals surface area contributed by atoms with E-state index in [9.17, 15) is 43.2 Å². The van der Waals surface area contributed by atoms with Crippen LogP contribution in [0.15, 0.2) is 109 Å². The first-order valence-electron chi connectivity index (χ1n) is 38.1. The summed E-state index contributed by atoms with van der Waals surface area (Å²) in [6, 6.07) is 0. The molecular weight excluding hydrogens is 1280 g/mol. The van der Waals surface area contributed by atoms with E-state index in [4.69, 9.17) is 37.0 Å². The Labute approximate surface area is 594 Å². The zero-order valence-electron chi connectivity index (χ0n) is 61.4. The summed E-state index contributed by atoms with van der Waals surface area (Å²) in [7, 11) is -9.97. The van der Waals surface area contributed by atoms with E-state index in [0.29, 0.717) is 25.7 Å². The molecule has 0 aliphatic rings. The quantitative estimate of drug-likeness (QED) is 0.0169. The van der Waals surface area contributed by atoms with Crippen LogP contribution < -0.4 is 0 Å². The van der Waals surface area contributed by atoms with Gasteiger partial charge in [-0.15, -0.1) is 0 Å². The molecule has 0 radical (unpaired) electrons. The molecule has 3 N–H and O–H groups in total. The second-order valence-corrected chi connectivity index (χ2v) is 28.1. The Morgan fingerprint density at radius 2 is 0.531 bits per heavy atom. The summed E-state index contributed by atoms with van der Waals surface area (Å²) in [6.45, 7) is 4.61. The molecule has 0 saturated carbocycles. The fourth-order valence-electron chi connectivity index (χ4n) is 9.85. The van der Waals surface area contributed by atoms with Crippen LogP contribution in [0, 0.1) is 0 Å². The van der Waals surface area contributed by atoms with Gasteiger partial charge in [-0.3, -0.25) is 37.3 Å². The van der Waals surface area contributed by atoms with Crippen LogP contribution >= 0.6 is 15.6 Å². The summed E-state index contributed by atoms with van der Waals surface area (Å²) < 4.78 is 68.4. The van der Waals surface area contributed by atoms with Crippen molar-refractivity contribution >= 4 is 39.5 Å². The van der Waals surface area contributed by atoms with Gasteiger partial charge in [0.05, 0.1) is 26.4 Å². The number of esters is 4. The third-order valence-electron chi connectivity index (χ3n) is 15.7. The van der Waals surface area contributed by atoms with E-state index in [-0.39, 0.29) is 25.7 Å². The predicted molar refractivity (Wildman–Crippen MR) is 399 cm³/mol. The number of aliphatic hydroxyl groups excluding tert-OH is 1. The van der Waals surface area contributed by atoms with Gasteiger partial charge in [0.1, 0.15) is 19.3 Å². The van der Waals surface area contributed by atoms with Crippen LogP contribution in [0.4, 0.5) is 0 Å². The molecule has 0 amide bonds. The van der Waals surface area contributed by atoms with Crippen molar-refractivity contribution < 1.29 is 80.2 Å². The number of phosphoric ester groups is 2. The van der Waals surface area contributed by atoms with Crippen molar-refractivity contribution in [1.29, 1.82) is 0 Å². The lowest BCUT2D eigenvalue weighted by Gasteiger charge is -2.21. The normalized spacial score (nSPS) is 14.6. The molecule has 0 aromatic rings. The number of rotatable bonds is 71. The van der Waals surface area contributed by atoms with Gasteiger partial charge in [0.2, 0.25) is 0 Å². The fraction of sp³-hybridized carbons (Fsp3) is 0.722. The highest BCUT2D eigenvalue weighted by Crippen LogP contribution is 2.45. The van der Waals surface area contributed by atoms with Gasteiger partial charge in [-0.25, -0.2) is 9.13 Å². The van der Waals surface area contributed by atoms with Crippen LogP contribution in [-0.4, -0.2) is 96.7 Å². The molecule has 0 rings (SSSR count). The molecule has 0 heterocycles. The molecule has 0 fully saturated rings. The largest absolute Gasteiger partial charge is 0.472 e. The monoisotopic (exact) mass is 1420 g/mol. The van der Waals surface area contributed by atoms with Crippen molar-refractivity contribution in [3.8, 4) is 0 Å². The molecule has 0 spiro atoms. The van der Waals surface area contributed by atoms with Crippen LogP contribution in [0.1, 0.15) is 310 Å². The average Bonchev–Trinajstić information content (AvgIpc) is 0.959. The third-order valence-corrected chi connectivity index (χ3v) is 17.6. The number of carbonyl (C=O) groups is 4. The number of allylic oxidation sites excluding steroid dienone is 18. The molecule has 564 valence electrons. The number of aliphatic hydroxyl groups is 1. The standard InChI is InChI=1S/C79H136O17P2/c1-5-9-13-17-21-25-29-33-36-40-43-47-51-55-59-63-76(81)89-69-74(95-78(83)65-61-57-53-49-45-39-32-28-24-20-16-12-8-4)71-93-97(85,86)91-67-73(80)68-92-98(87,88)94-72-75(96-79(84)66-62-58-54-50-46-42-38-35-31-27-23-19-15-11-7-3)70-90-77(82)64-60-56-52-48-44-41-37-34-30-26-22-18-14-10-6-2/h9,13,21-23,25-28,32-38,43,47,73-75,80H,5-8,10-12,14-20,24,29-31,39-42,44-46,48-72H2,1-4H3,(H,85,86)(H,87,88)/b13-9-,25-21-,26-22-,27-23-,32-28-,36-33-,37-34-,38-35-,47-43-. The average molecular weight is 1420 g/mol. The Balaban J connectivity index is 5.41. The van der Waals surface area contributed by atoms with E-state index in [0.717, 1.165) is 167 Å². The first kappa shape index (κ1) is 93.7. The minimum absolute atomic E-state index is 0.0742. The van der Waals surface area contributed by atoms with Gasteiger partial charge in [0, 0.05) is 25.7 Å². The Morgan fingerprint density at radius 3 is 0.867 bits per heavy atom. The van der Waals surface area contributed by atoms with Crippen molar-refractivity contribution in [3.63, 3.8) is 0 Å². The van der Waals surface area contributed by atoms with E-state index >= 15 is 0 Å². The highest BCUT2D eigenvalue weighted by Gasteiger charge is 2.30. The van der Waals surface area contributed by atoms with Crippen LogP contribution in [0.2, 0.25) is 0 Å². The van der Waals surface area contributed by atoms with E-state index in [1.165, 1.54) is 64.2 Å². The molecule has 0 aliphatic carbocycles. The molecule has 17 nitrogen and oxygen atoms in total. The minimum atomic E-state index is -4.99. The first-order valence-corrected chi connectivity index (χ1v) is 41.1. The predicted octanol–water partition coefficient (Wildman–Crippen LogP) is 21.8. The van der Waals surface area contributed by atoms with Gasteiger partial charge in [0.25, 0.3) is 0 Å². The second kappa shape index (κ2) is 71.1. The molecule has 5 unspecified atom stereocenters. The summed E-state index contributed by atoms with van der Waals surface area (Å²) in [5, 5.41) is 10.6. The maximum atomic E-state index is 13.1. The molecule has 0 aromatic heterocycles. The summed E-state index contributed by atoms with van der Waals surface area (Å²) in [6.07, 6.45) is 75.1. The second-order valence-electron chi connectivity index (χ2n) is 25.2. The highest BCUT2D eigenvalue weighted by molar-refractivity contribution is 7.47. The molecular formula is C79H136O17P2. The van der Waals surface area contributed by atoms with Crippen molar-refractivity contribution in [2.24, 2.45) is 0 Å². The van der Waals surface area contributed by atoms with Gasteiger partial charge in [-0.1, -0.05) is 240 Å². The SMILES string of the molecule is CC/C=C\C/C=C\C/C=C\C/C=C\CCCCC(=O)OCC(COP(=O)(O)OCC(O)COP(=O)(O)OCC(COC(=O)CCCCCCC/C=C\C/C=C\CCCCC)OC(=O)CCCCCCC/C=C\C/C=C\CCCCC)OC(=O)CCCCCCC/C=C\CCCCCC. The van der Waals surface area contributed by atoms with Gasteiger partial charge in [-0.05, 0) is 154 Å². The van der Waals surface area contributed by atoms with Crippen LogP contribution in [-0.2, 0) is 65.4 Å². The van der Waals surface area contributed by atoms with Crippen molar-refractivity contribution in [3.05, 3.63) is 109 Å². The van der Waals surface area contributed by atoms with E-state index < -0.39 is 97.5 Å². The van der Waals surface area contributed by atoms with Gasteiger partial charge in [-0.2, -0.15) is 0 Å². The zero-order valence-corrected chi connectivity index (χ0v) is 63.2. The lowest BCUT2D eigenvalue weighted by atomic mass is 10.1. The van der Waals surface area contributed by atoms with E-state index in [1.54, 1.807) is 0 Å². The molecule has 0 aromatic carbocycles. The number of hydrogen-bond donors (Lipinski definition) is 3. The maximum Gasteiger partial charge on any atom is 0.472 e. The maximum absolute atomic E-state index is 13.1. The summed E-state index contributed by atoms with van der Waals surface area (Å²) >= 11 is 0. The topological polar surface area (TPSA) is 237 Å². The Hall–Kier alpha value is -4.28. The van der Waals surface area contributed by atoms with E-state index in [1.807, 2.05) is 0 Å². The van der Waals surface area contributed by atoms with Gasteiger partial charge < -0.3 is 33.8 Å². The number of phosphoric acid groups is 2. The number of carbonyl (C=O) groups excluding carboxylic acids is 4. The lowest BCUT2D eigenvalue weighted by molar-refractivity contribution is -0.161. The molecule has 5 atom stereocenters. The summed E-state index contributed by atoms with van der Waals surface area (Å²) in [5.41, 5.74) is 0. The number of ether oxygens (including phenoxy) is 4. The first-order chi connectivity index (χ1) is 47.7. The summed E-state index contributed by atoms with van der Waals surface area (Å²) in [4.78, 5) is 72.8. The molecule has 0 saturated heterocycles. The number of unbranched alkanes of at least 4 members (excludes halogenated alkanes) is 27. The molecule has 98 heavy (non-hydrogen) atoms. The minimum Gasteiger partial charge on any atom is -0.462 e. The summed E-state index contributed by atoms with van der Waals surface area (Å²) in [5.74, 6) is -2.26. The van der Waals surface area contributed by atoms with Crippen molar-refractivity contribution in [2.75, 3.05) is 39.6 Å². The van der Waals surface area contributed by atoms with Gasteiger partial charge >= 0.3 is 39.5 Å². The fourth-order valence-corrected chi connectivity index (χ4v) is 11.4. The van der Waals surface area contributed by atoms with Crippen LogP contribution in [0.5, 0.6) is 0 Å². The van der Waals surface area contributed by atoms with Crippen molar-refractivity contribution in [1.82, 2.24) is 0 Å². The highest BCUT2D eigenvalue weighted by atomic mass is 31.2. The Morgan fingerprint density at radius 1 is 0.296 bits per heavy atom. The van der Waals surface area contributed by atoms with Gasteiger partial charge in [0.15, 0.2) is 12.2 Å². The molecule has 0 bridgehead atoms. The Kier molecular flexibility index (Phi) is 68.0. The smallest absolute Gasteiger partial charge is 0.462 e. The van der Waals surface area contributed by atoms with Crippen LogP contribution in [0.25, 0.3) is 0 Å². The van der Waals surface area contributed by atoms with E-state index in [2.05, 4.69) is 137 Å². The molecule has 0 aliphatic heterocycles. The zero-order chi connectivity index (χ0) is 71.8. The molecule has 19 heteroatoms. The third kappa shape index (κ3) is 70.2. The lowest BCUT2D eigenvalue weighted by Crippen LogP contribution is -2.30. The Bertz CT molecular complexity index is 2290. The number of hydrogen-bond acceptors (Lipinski definition) is 15. The van der Waals surface area contributed by atoms with Crippen molar-refractivity contribution in [2.45, 2.75) is 329 Å². The van der Waals surface area contributed by atoms with Crippen LogP contribution in [0.3, 0.4) is 0 Å².